The van der Waals surface area contributed by atoms with Gasteiger partial charge in [-0.3, -0.25) is 4.68 Å². The van der Waals surface area contributed by atoms with E-state index in [2.05, 4.69) is 15.4 Å². The highest BCUT2D eigenvalue weighted by Gasteiger charge is 2.01. The summed E-state index contributed by atoms with van der Waals surface area (Å²) < 4.78 is 7.50. The van der Waals surface area contributed by atoms with Crippen molar-refractivity contribution in [1.82, 2.24) is 14.8 Å². The third kappa shape index (κ3) is 3.39. The maximum absolute atomic E-state index is 5.75. The van der Waals surface area contributed by atoms with Crippen molar-refractivity contribution in [1.29, 1.82) is 0 Å². The number of nitrogens with one attached hydrogen (secondary N) is 1. The Balaban J connectivity index is 1.60. The zero-order valence-corrected chi connectivity index (χ0v) is 11.7. The number of rotatable bonds is 5. The predicted molar refractivity (Wildman–Crippen MR) is 81.3 cm³/mol. The van der Waals surface area contributed by atoms with Gasteiger partial charge in [0.05, 0.1) is 6.54 Å². The molecule has 3 rings (SSSR count). The molecule has 2 aromatic carbocycles. The van der Waals surface area contributed by atoms with E-state index in [1.807, 2.05) is 61.6 Å². The van der Waals surface area contributed by atoms with Gasteiger partial charge in [0.1, 0.15) is 23.7 Å². The van der Waals surface area contributed by atoms with Gasteiger partial charge in [-0.25, -0.2) is 4.98 Å². The molecular weight excluding hydrogens is 264 g/mol. The zero-order chi connectivity index (χ0) is 14.5. The largest absolute Gasteiger partial charge is 0.457 e. The molecule has 1 heterocycles. The van der Waals surface area contributed by atoms with Crippen LogP contribution in [0, 0.1) is 0 Å². The van der Waals surface area contributed by atoms with E-state index >= 15 is 0 Å². The average Bonchev–Trinajstić information content (AvgIpc) is 2.93. The Labute approximate surface area is 123 Å². The van der Waals surface area contributed by atoms with Crippen LogP contribution in [0.15, 0.2) is 60.9 Å². The Bertz CT molecular complexity index is 692. The summed E-state index contributed by atoms with van der Waals surface area (Å²) in [6.07, 6.45) is 1.55. The minimum Gasteiger partial charge on any atom is -0.457 e. The summed E-state index contributed by atoms with van der Waals surface area (Å²) in [5, 5.41) is 7.34. The van der Waals surface area contributed by atoms with Crippen molar-refractivity contribution in [3.8, 4) is 11.5 Å². The van der Waals surface area contributed by atoms with Crippen LogP contribution < -0.4 is 10.1 Å². The Kier molecular flexibility index (Phi) is 3.82. The number of hydrogen-bond acceptors (Lipinski definition) is 4. The molecule has 0 aliphatic carbocycles. The van der Waals surface area contributed by atoms with Crippen LogP contribution in [0.4, 0.5) is 5.69 Å². The molecule has 5 nitrogen and oxygen atoms in total. The standard InChI is InChI=1S/C16H16N4O/c1-20-16(18-12-19-20)11-17-13-7-9-15(10-8-13)21-14-5-3-2-4-6-14/h2-10,12,17H,11H2,1H3. The number of hydrogen-bond donors (Lipinski definition) is 1. The number of aromatic nitrogens is 3. The van der Waals surface area contributed by atoms with E-state index in [1.54, 1.807) is 11.0 Å². The lowest BCUT2D eigenvalue weighted by Gasteiger charge is -2.08. The molecule has 5 heteroatoms. The van der Waals surface area contributed by atoms with Gasteiger partial charge in [0.25, 0.3) is 0 Å². The molecule has 0 amide bonds. The molecule has 1 N–H and O–H groups in total. The molecule has 106 valence electrons. The lowest BCUT2D eigenvalue weighted by molar-refractivity contribution is 0.483. The highest BCUT2D eigenvalue weighted by Crippen LogP contribution is 2.22. The summed E-state index contributed by atoms with van der Waals surface area (Å²) >= 11 is 0. The molecule has 1 aromatic heterocycles. The predicted octanol–water partition coefficient (Wildman–Crippen LogP) is 3.22. The maximum Gasteiger partial charge on any atom is 0.145 e. The van der Waals surface area contributed by atoms with Crippen LogP contribution >= 0.6 is 0 Å². The number of nitrogens with zero attached hydrogens (tertiary/aromatic N) is 3. The van der Waals surface area contributed by atoms with Crippen LogP contribution in [0.2, 0.25) is 0 Å². The zero-order valence-electron chi connectivity index (χ0n) is 11.7. The number of anilines is 1. The topological polar surface area (TPSA) is 52.0 Å². The lowest BCUT2D eigenvalue weighted by Crippen LogP contribution is -2.06. The van der Waals surface area contributed by atoms with Crippen molar-refractivity contribution in [2.24, 2.45) is 7.05 Å². The summed E-state index contributed by atoms with van der Waals surface area (Å²) in [6, 6.07) is 17.6. The molecule has 0 aliphatic rings. The van der Waals surface area contributed by atoms with Gasteiger partial charge in [0.15, 0.2) is 0 Å². The molecule has 0 saturated carbocycles. The first-order valence-corrected chi connectivity index (χ1v) is 6.71. The fourth-order valence-corrected chi connectivity index (χ4v) is 1.93. The lowest BCUT2D eigenvalue weighted by atomic mass is 10.3. The third-order valence-electron chi connectivity index (χ3n) is 3.09. The third-order valence-corrected chi connectivity index (χ3v) is 3.09. The van der Waals surface area contributed by atoms with Crippen LogP contribution in [0.25, 0.3) is 0 Å². The molecule has 0 aliphatic heterocycles. The fraction of sp³-hybridized carbons (Fsp3) is 0.125. The van der Waals surface area contributed by atoms with Gasteiger partial charge in [-0.15, -0.1) is 0 Å². The molecule has 0 bridgehead atoms. The summed E-state index contributed by atoms with van der Waals surface area (Å²) in [4.78, 5) is 4.17. The molecular formula is C16H16N4O. The smallest absolute Gasteiger partial charge is 0.145 e. The van der Waals surface area contributed by atoms with Crippen molar-refractivity contribution >= 4 is 5.69 Å². The maximum atomic E-state index is 5.75. The molecule has 0 saturated heterocycles. The van der Waals surface area contributed by atoms with E-state index < -0.39 is 0 Å². The monoisotopic (exact) mass is 280 g/mol. The number of ether oxygens (including phenoxy) is 1. The van der Waals surface area contributed by atoms with Gasteiger partial charge in [-0.1, -0.05) is 18.2 Å². The first kappa shape index (κ1) is 13.2. The minimum atomic E-state index is 0.634. The Morgan fingerprint density at radius 3 is 2.38 bits per heavy atom. The second kappa shape index (κ2) is 6.09. The number of para-hydroxylation sites is 1. The van der Waals surface area contributed by atoms with Crippen LogP contribution in [0.1, 0.15) is 5.82 Å². The van der Waals surface area contributed by atoms with Gasteiger partial charge in [-0.05, 0) is 36.4 Å². The number of benzene rings is 2. The van der Waals surface area contributed by atoms with Crippen molar-refractivity contribution in [3.05, 3.63) is 66.7 Å². The average molecular weight is 280 g/mol. The Morgan fingerprint density at radius 2 is 1.71 bits per heavy atom. The quantitative estimate of drug-likeness (QED) is 0.779. The van der Waals surface area contributed by atoms with E-state index in [4.69, 9.17) is 4.74 Å². The van der Waals surface area contributed by atoms with E-state index in [-0.39, 0.29) is 0 Å². The van der Waals surface area contributed by atoms with Crippen molar-refractivity contribution in [2.45, 2.75) is 6.54 Å². The Morgan fingerprint density at radius 1 is 1.00 bits per heavy atom. The van der Waals surface area contributed by atoms with E-state index in [1.165, 1.54) is 0 Å². The van der Waals surface area contributed by atoms with Crippen molar-refractivity contribution < 1.29 is 4.74 Å². The van der Waals surface area contributed by atoms with Crippen LogP contribution in [-0.2, 0) is 13.6 Å². The normalized spacial score (nSPS) is 10.3. The molecule has 0 radical (unpaired) electrons. The second-order valence-corrected chi connectivity index (χ2v) is 4.59. The van der Waals surface area contributed by atoms with Crippen LogP contribution in [-0.4, -0.2) is 14.8 Å². The summed E-state index contributed by atoms with van der Waals surface area (Å²) in [5.74, 6) is 2.53. The van der Waals surface area contributed by atoms with Crippen molar-refractivity contribution in [3.63, 3.8) is 0 Å². The Hall–Kier alpha value is -2.82. The van der Waals surface area contributed by atoms with Crippen LogP contribution in [0.5, 0.6) is 11.5 Å². The fourth-order valence-electron chi connectivity index (χ4n) is 1.93. The molecule has 21 heavy (non-hydrogen) atoms. The van der Waals surface area contributed by atoms with Crippen LogP contribution in [0.3, 0.4) is 0 Å². The van der Waals surface area contributed by atoms with E-state index in [0.29, 0.717) is 6.54 Å². The number of aryl methyl sites for hydroxylation is 1. The highest BCUT2D eigenvalue weighted by molar-refractivity contribution is 5.47. The summed E-state index contributed by atoms with van der Waals surface area (Å²) in [5.41, 5.74) is 1.01. The van der Waals surface area contributed by atoms with Crippen molar-refractivity contribution in [2.75, 3.05) is 5.32 Å². The molecule has 0 unspecified atom stereocenters. The first-order chi connectivity index (χ1) is 10.3. The second-order valence-electron chi connectivity index (χ2n) is 4.59. The summed E-state index contributed by atoms with van der Waals surface area (Å²) in [7, 11) is 1.88. The highest BCUT2D eigenvalue weighted by atomic mass is 16.5. The van der Waals surface area contributed by atoms with E-state index in [9.17, 15) is 0 Å². The SMILES string of the molecule is Cn1ncnc1CNc1ccc(Oc2ccccc2)cc1. The van der Waals surface area contributed by atoms with Gasteiger partial charge in [-0.2, -0.15) is 5.10 Å². The molecule has 0 spiro atoms. The van der Waals surface area contributed by atoms with Gasteiger partial charge >= 0.3 is 0 Å². The molecule has 0 fully saturated rings. The van der Waals surface area contributed by atoms with Gasteiger partial charge in [0.2, 0.25) is 0 Å². The van der Waals surface area contributed by atoms with Gasteiger partial charge in [0, 0.05) is 12.7 Å². The molecule has 3 aromatic rings. The summed E-state index contributed by atoms with van der Waals surface area (Å²) in [6.45, 7) is 0.634. The first-order valence-electron chi connectivity index (χ1n) is 6.71. The van der Waals surface area contributed by atoms with E-state index in [0.717, 1.165) is 23.0 Å². The van der Waals surface area contributed by atoms with Gasteiger partial charge < -0.3 is 10.1 Å². The minimum absolute atomic E-state index is 0.634. The molecule has 0 atom stereocenters.